The van der Waals surface area contributed by atoms with Crippen molar-refractivity contribution < 1.29 is 19.5 Å². The van der Waals surface area contributed by atoms with Gasteiger partial charge in [-0.25, -0.2) is 0 Å². The number of nitrogens with one attached hydrogen (secondary N) is 1. The SMILES string of the molecule is CC1C(=O)NCCN1C(=O)CC1(CC(=O)O)CCCCC1. The fourth-order valence-corrected chi connectivity index (χ4v) is 3.58. The molecule has 1 aliphatic heterocycles. The van der Waals surface area contributed by atoms with E-state index >= 15 is 0 Å². The molecule has 118 valence electrons. The van der Waals surface area contributed by atoms with Crippen LogP contribution in [0.25, 0.3) is 0 Å². The Labute approximate surface area is 124 Å². The largest absolute Gasteiger partial charge is 0.481 e. The number of hydrogen-bond acceptors (Lipinski definition) is 3. The van der Waals surface area contributed by atoms with Crippen LogP contribution in [0.15, 0.2) is 0 Å². The fourth-order valence-electron chi connectivity index (χ4n) is 3.58. The predicted molar refractivity (Wildman–Crippen MR) is 76.6 cm³/mol. The van der Waals surface area contributed by atoms with E-state index in [0.29, 0.717) is 13.1 Å². The molecule has 0 bridgehead atoms. The Balaban J connectivity index is 2.06. The zero-order chi connectivity index (χ0) is 15.5. The number of nitrogens with zero attached hydrogens (tertiary/aromatic N) is 1. The second kappa shape index (κ2) is 6.45. The molecule has 1 aliphatic carbocycles. The first-order valence-corrected chi connectivity index (χ1v) is 7.72. The molecule has 0 aromatic carbocycles. The third-order valence-corrected chi connectivity index (χ3v) is 4.79. The molecule has 2 amide bonds. The summed E-state index contributed by atoms with van der Waals surface area (Å²) in [4.78, 5) is 37.0. The number of hydrogen-bond donors (Lipinski definition) is 2. The minimum Gasteiger partial charge on any atom is -0.481 e. The molecule has 2 N–H and O–H groups in total. The van der Waals surface area contributed by atoms with Gasteiger partial charge in [0, 0.05) is 19.5 Å². The topological polar surface area (TPSA) is 86.7 Å². The first-order chi connectivity index (χ1) is 9.93. The van der Waals surface area contributed by atoms with Crippen molar-refractivity contribution in [2.24, 2.45) is 5.41 Å². The molecule has 0 aromatic heterocycles. The van der Waals surface area contributed by atoms with Crippen molar-refractivity contribution in [1.82, 2.24) is 10.2 Å². The Bertz CT molecular complexity index is 429. The van der Waals surface area contributed by atoms with E-state index < -0.39 is 17.4 Å². The molecule has 21 heavy (non-hydrogen) atoms. The van der Waals surface area contributed by atoms with Crippen LogP contribution in [0.4, 0.5) is 0 Å². The number of piperazine rings is 1. The Morgan fingerprint density at radius 2 is 1.95 bits per heavy atom. The molecule has 1 heterocycles. The third-order valence-electron chi connectivity index (χ3n) is 4.79. The van der Waals surface area contributed by atoms with Gasteiger partial charge in [0.2, 0.25) is 11.8 Å². The van der Waals surface area contributed by atoms with Crippen molar-refractivity contribution in [2.75, 3.05) is 13.1 Å². The highest BCUT2D eigenvalue weighted by molar-refractivity contribution is 5.88. The Kier molecular flexibility index (Phi) is 4.85. The summed E-state index contributed by atoms with van der Waals surface area (Å²) in [6.07, 6.45) is 4.95. The van der Waals surface area contributed by atoms with E-state index in [0.717, 1.165) is 32.1 Å². The normalized spacial score (nSPS) is 25.3. The van der Waals surface area contributed by atoms with Crippen LogP contribution in [0.2, 0.25) is 0 Å². The zero-order valence-electron chi connectivity index (χ0n) is 12.6. The molecule has 1 saturated heterocycles. The molecule has 6 heteroatoms. The van der Waals surface area contributed by atoms with Crippen molar-refractivity contribution in [3.63, 3.8) is 0 Å². The quantitative estimate of drug-likeness (QED) is 0.814. The summed E-state index contributed by atoms with van der Waals surface area (Å²) in [5.41, 5.74) is -0.422. The van der Waals surface area contributed by atoms with E-state index in [4.69, 9.17) is 5.11 Å². The van der Waals surface area contributed by atoms with Crippen LogP contribution in [-0.2, 0) is 14.4 Å². The molecule has 6 nitrogen and oxygen atoms in total. The van der Waals surface area contributed by atoms with Crippen molar-refractivity contribution in [1.29, 1.82) is 0 Å². The summed E-state index contributed by atoms with van der Waals surface area (Å²) in [6, 6.07) is -0.461. The Hall–Kier alpha value is -1.59. The number of carboxylic acid groups (broad SMARTS) is 1. The molecule has 2 fully saturated rings. The van der Waals surface area contributed by atoms with Crippen LogP contribution in [0, 0.1) is 5.41 Å². The zero-order valence-corrected chi connectivity index (χ0v) is 12.6. The lowest BCUT2D eigenvalue weighted by Crippen LogP contribution is -2.56. The summed E-state index contributed by atoms with van der Waals surface area (Å²) in [5, 5.41) is 11.9. The number of rotatable bonds is 4. The predicted octanol–water partition coefficient (Wildman–Crippen LogP) is 1.15. The maximum Gasteiger partial charge on any atom is 0.303 e. The molecule has 2 rings (SSSR count). The van der Waals surface area contributed by atoms with Gasteiger partial charge in [-0.3, -0.25) is 14.4 Å². The van der Waals surface area contributed by atoms with Crippen LogP contribution in [0.5, 0.6) is 0 Å². The average Bonchev–Trinajstić information content (AvgIpc) is 2.41. The molecular weight excluding hydrogens is 272 g/mol. The molecule has 1 saturated carbocycles. The molecule has 2 aliphatic rings. The second-order valence-electron chi connectivity index (χ2n) is 6.36. The van der Waals surface area contributed by atoms with Crippen LogP contribution in [0.1, 0.15) is 51.9 Å². The highest BCUT2D eigenvalue weighted by Crippen LogP contribution is 2.42. The second-order valence-corrected chi connectivity index (χ2v) is 6.36. The van der Waals surface area contributed by atoms with E-state index in [2.05, 4.69) is 5.32 Å². The van der Waals surface area contributed by atoms with Crippen molar-refractivity contribution in [3.8, 4) is 0 Å². The van der Waals surface area contributed by atoms with Crippen LogP contribution in [0.3, 0.4) is 0 Å². The lowest BCUT2D eigenvalue weighted by Gasteiger charge is -2.39. The Morgan fingerprint density at radius 3 is 2.57 bits per heavy atom. The van der Waals surface area contributed by atoms with E-state index in [-0.39, 0.29) is 24.7 Å². The average molecular weight is 296 g/mol. The van der Waals surface area contributed by atoms with Gasteiger partial charge >= 0.3 is 5.97 Å². The summed E-state index contributed by atoms with van der Waals surface area (Å²) >= 11 is 0. The van der Waals surface area contributed by atoms with Gasteiger partial charge in [0.25, 0.3) is 0 Å². The van der Waals surface area contributed by atoms with Gasteiger partial charge in [-0.05, 0) is 25.2 Å². The highest BCUT2D eigenvalue weighted by atomic mass is 16.4. The lowest BCUT2D eigenvalue weighted by atomic mass is 9.69. The number of carbonyl (C=O) groups excluding carboxylic acids is 2. The summed E-state index contributed by atoms with van der Waals surface area (Å²) in [7, 11) is 0. The Morgan fingerprint density at radius 1 is 1.29 bits per heavy atom. The van der Waals surface area contributed by atoms with Gasteiger partial charge in [-0.1, -0.05) is 19.3 Å². The number of amides is 2. The lowest BCUT2D eigenvalue weighted by molar-refractivity contribution is -0.147. The molecule has 1 unspecified atom stereocenters. The van der Waals surface area contributed by atoms with Crippen LogP contribution in [-0.4, -0.2) is 46.9 Å². The first-order valence-electron chi connectivity index (χ1n) is 7.72. The third kappa shape index (κ3) is 3.74. The van der Waals surface area contributed by atoms with Gasteiger partial charge in [0.1, 0.15) is 6.04 Å². The smallest absolute Gasteiger partial charge is 0.303 e. The molecule has 0 radical (unpaired) electrons. The molecule has 0 spiro atoms. The number of carbonyl (C=O) groups is 3. The molecular formula is C15H24N2O4. The van der Waals surface area contributed by atoms with Crippen molar-refractivity contribution in [2.45, 2.75) is 57.9 Å². The van der Waals surface area contributed by atoms with Gasteiger partial charge in [-0.2, -0.15) is 0 Å². The molecule has 1 atom stereocenters. The van der Waals surface area contributed by atoms with Gasteiger partial charge in [0.15, 0.2) is 0 Å². The summed E-state index contributed by atoms with van der Waals surface area (Å²) in [5.74, 6) is -1.06. The van der Waals surface area contributed by atoms with Gasteiger partial charge in [0.05, 0.1) is 6.42 Å². The van der Waals surface area contributed by atoms with Crippen LogP contribution >= 0.6 is 0 Å². The van der Waals surface area contributed by atoms with E-state index in [1.807, 2.05) is 0 Å². The maximum atomic E-state index is 12.6. The van der Waals surface area contributed by atoms with E-state index in [9.17, 15) is 14.4 Å². The monoisotopic (exact) mass is 296 g/mol. The standard InChI is InChI=1S/C15H24N2O4/c1-11-14(21)16-7-8-17(11)12(18)9-15(10-13(19)20)5-3-2-4-6-15/h11H,2-10H2,1H3,(H,16,21)(H,19,20). The van der Waals surface area contributed by atoms with Crippen molar-refractivity contribution >= 4 is 17.8 Å². The fraction of sp³-hybridized carbons (Fsp3) is 0.800. The minimum absolute atomic E-state index is 0.0488. The van der Waals surface area contributed by atoms with E-state index in [1.54, 1.807) is 11.8 Å². The number of aliphatic carboxylic acids is 1. The maximum absolute atomic E-state index is 12.6. The van der Waals surface area contributed by atoms with Gasteiger partial charge in [-0.15, -0.1) is 0 Å². The highest BCUT2D eigenvalue weighted by Gasteiger charge is 2.39. The summed E-state index contributed by atoms with van der Waals surface area (Å²) < 4.78 is 0. The first kappa shape index (κ1) is 15.8. The van der Waals surface area contributed by atoms with Crippen molar-refractivity contribution in [3.05, 3.63) is 0 Å². The van der Waals surface area contributed by atoms with Crippen LogP contribution < -0.4 is 5.32 Å². The van der Waals surface area contributed by atoms with Gasteiger partial charge < -0.3 is 15.3 Å². The summed E-state index contributed by atoms with van der Waals surface area (Å²) in [6.45, 7) is 2.70. The number of carboxylic acids is 1. The molecule has 0 aromatic rings. The minimum atomic E-state index is -0.839. The van der Waals surface area contributed by atoms with E-state index in [1.165, 1.54) is 0 Å².